The molecule has 6 aromatic rings. The normalized spacial score (nSPS) is 14.7. The Hall–Kier alpha value is -4.05. The summed E-state index contributed by atoms with van der Waals surface area (Å²) < 4.78 is 22.0. The number of phenols is 1. The van der Waals surface area contributed by atoms with E-state index in [1.54, 1.807) is 21.5 Å². The summed E-state index contributed by atoms with van der Waals surface area (Å²) in [6, 6.07) is 26.1. The van der Waals surface area contributed by atoms with Crippen LogP contribution in [0.25, 0.3) is 33.2 Å². The number of ether oxygens (including phenoxy) is 3. The van der Waals surface area contributed by atoms with E-state index >= 15 is 0 Å². The van der Waals surface area contributed by atoms with Gasteiger partial charge < -0.3 is 30.8 Å². The van der Waals surface area contributed by atoms with E-state index in [1.807, 2.05) is 66.7 Å². The molecule has 2 aromatic heterocycles. The average Bonchev–Trinajstić information content (AvgIpc) is 3.79. The molecule has 0 atom stereocenters. The molecule has 0 bridgehead atoms. The predicted molar refractivity (Wildman–Crippen MR) is 237 cm³/mol. The van der Waals surface area contributed by atoms with Crippen molar-refractivity contribution >= 4 is 90.4 Å². The first-order chi connectivity index (χ1) is 27.6. The van der Waals surface area contributed by atoms with Crippen molar-refractivity contribution in [3.63, 3.8) is 0 Å². The van der Waals surface area contributed by atoms with E-state index in [-0.39, 0.29) is 17.1 Å². The van der Waals surface area contributed by atoms with Gasteiger partial charge in [-0.1, -0.05) is 12.1 Å². The molecule has 5 N–H and O–H groups in total. The summed E-state index contributed by atoms with van der Waals surface area (Å²) in [5, 5.41) is 19.5. The van der Waals surface area contributed by atoms with Crippen LogP contribution >= 0.6 is 56.8 Å². The third kappa shape index (κ3) is 11.3. The zero-order valence-corrected chi connectivity index (χ0v) is 36.1. The van der Waals surface area contributed by atoms with Crippen LogP contribution in [0.5, 0.6) is 11.5 Å². The van der Waals surface area contributed by atoms with Crippen molar-refractivity contribution in [2.45, 2.75) is 0 Å². The Kier molecular flexibility index (Phi) is 15.4. The number of morpholine rings is 2. The molecule has 2 aliphatic heterocycles. The molecule has 2 aliphatic rings. The molecule has 2 fully saturated rings. The lowest BCUT2D eigenvalue weighted by Crippen LogP contribution is -2.38. The fraction of sp³-hybridized carbons (Fsp3) is 0.300. The molecule has 0 unspecified atom stereocenters. The van der Waals surface area contributed by atoms with Gasteiger partial charge in [0.25, 0.3) is 11.8 Å². The maximum Gasteiger partial charge on any atom is 0.269 e. The number of aromatic hydroxyl groups is 1. The highest BCUT2D eigenvalue weighted by molar-refractivity contribution is 14.1. The molecule has 4 aromatic carbocycles. The SMILES string of the molecule is ClCCN1CCOCC1.NC(=O)c1nn(-c2cccc(I)c2)c2ccc(O)cc12.NC(=O)c1nn(-c2cccc(I)c2)c2ccc(OCCN3CCOCC3)cc12. The summed E-state index contributed by atoms with van der Waals surface area (Å²) in [6.45, 7) is 9.65. The fourth-order valence-electron chi connectivity index (χ4n) is 6.33. The van der Waals surface area contributed by atoms with E-state index < -0.39 is 11.8 Å². The zero-order chi connectivity index (χ0) is 40.3. The molecule has 8 rings (SSSR count). The lowest BCUT2D eigenvalue weighted by Gasteiger charge is -2.26. The van der Waals surface area contributed by atoms with Gasteiger partial charge in [0.1, 0.15) is 18.1 Å². The highest BCUT2D eigenvalue weighted by atomic mass is 127. The maximum absolute atomic E-state index is 11.9. The van der Waals surface area contributed by atoms with Crippen LogP contribution in [0.1, 0.15) is 21.0 Å². The molecule has 2 amide bonds. The first kappa shape index (κ1) is 42.6. The molecule has 0 aliphatic carbocycles. The second-order valence-corrected chi connectivity index (χ2v) is 15.9. The van der Waals surface area contributed by atoms with Gasteiger partial charge in [0.05, 0.1) is 48.8 Å². The topological polar surface area (TPSA) is 176 Å². The number of nitrogens with two attached hydrogens (primary N) is 2. The summed E-state index contributed by atoms with van der Waals surface area (Å²) in [4.78, 5) is 28.1. The number of alkyl halides is 1. The summed E-state index contributed by atoms with van der Waals surface area (Å²) in [5.74, 6) is 0.331. The Labute approximate surface area is 362 Å². The van der Waals surface area contributed by atoms with Crippen molar-refractivity contribution < 1.29 is 28.9 Å². The number of primary amides is 2. The van der Waals surface area contributed by atoms with Crippen LogP contribution in [0.2, 0.25) is 0 Å². The van der Waals surface area contributed by atoms with Gasteiger partial charge in [0, 0.05) is 63.1 Å². The number of hydrogen-bond donors (Lipinski definition) is 3. The second kappa shape index (κ2) is 20.6. The zero-order valence-electron chi connectivity index (χ0n) is 31.0. The van der Waals surface area contributed by atoms with Gasteiger partial charge in [-0.2, -0.15) is 10.2 Å². The Bertz CT molecular complexity index is 2310. The van der Waals surface area contributed by atoms with Gasteiger partial charge in [-0.15, -0.1) is 11.6 Å². The van der Waals surface area contributed by atoms with E-state index in [0.29, 0.717) is 23.1 Å². The molecule has 0 saturated carbocycles. The monoisotopic (exact) mass is 1020 g/mol. The van der Waals surface area contributed by atoms with Crippen molar-refractivity contribution in [1.82, 2.24) is 29.4 Å². The van der Waals surface area contributed by atoms with Crippen molar-refractivity contribution in [2.24, 2.45) is 11.5 Å². The predicted octanol–water partition coefficient (Wildman–Crippen LogP) is 5.43. The molecule has 4 heterocycles. The van der Waals surface area contributed by atoms with E-state index in [1.165, 1.54) is 6.07 Å². The van der Waals surface area contributed by atoms with Crippen molar-refractivity contribution in [3.8, 4) is 22.9 Å². The van der Waals surface area contributed by atoms with E-state index in [0.717, 1.165) is 101 Å². The molecule has 0 spiro atoms. The smallest absolute Gasteiger partial charge is 0.269 e. The Morgan fingerprint density at radius 3 is 1.68 bits per heavy atom. The van der Waals surface area contributed by atoms with Gasteiger partial charge in [-0.25, -0.2) is 9.36 Å². The third-order valence-electron chi connectivity index (χ3n) is 9.17. The second-order valence-electron chi connectivity index (χ2n) is 13.0. The molecule has 300 valence electrons. The molecule has 0 radical (unpaired) electrons. The first-order valence-electron chi connectivity index (χ1n) is 18.3. The van der Waals surface area contributed by atoms with Gasteiger partial charge in [-0.05, 0) is 118 Å². The number of hydrogen-bond acceptors (Lipinski definition) is 10. The molecule has 57 heavy (non-hydrogen) atoms. The fourth-order valence-corrected chi connectivity index (χ4v) is 7.62. The number of aromatic nitrogens is 4. The average molecular weight is 1020 g/mol. The Balaban J connectivity index is 0.000000164. The summed E-state index contributed by atoms with van der Waals surface area (Å²) in [5.41, 5.74) is 14.6. The molecule has 2 saturated heterocycles. The minimum Gasteiger partial charge on any atom is -0.508 e. The van der Waals surface area contributed by atoms with Crippen molar-refractivity contribution in [3.05, 3.63) is 103 Å². The van der Waals surface area contributed by atoms with Gasteiger partial charge in [0.15, 0.2) is 11.4 Å². The molecule has 17 heteroatoms. The summed E-state index contributed by atoms with van der Waals surface area (Å²) in [7, 11) is 0. The number of fused-ring (bicyclic) bond motifs is 2. The highest BCUT2D eigenvalue weighted by Gasteiger charge is 2.19. The van der Waals surface area contributed by atoms with Gasteiger partial charge in [-0.3, -0.25) is 19.4 Å². The number of phenolic OH excluding ortho intramolecular Hbond substituents is 1. The quantitative estimate of drug-likeness (QED) is 0.119. The van der Waals surface area contributed by atoms with Gasteiger partial charge >= 0.3 is 0 Å². The number of benzene rings is 4. The number of nitrogens with zero attached hydrogens (tertiary/aromatic N) is 6. The summed E-state index contributed by atoms with van der Waals surface area (Å²) in [6.07, 6.45) is 0. The van der Waals surface area contributed by atoms with Crippen LogP contribution in [0.3, 0.4) is 0 Å². The largest absolute Gasteiger partial charge is 0.508 e. The molecule has 14 nitrogen and oxygen atoms in total. The molecular formula is C40H43ClI2N8O6. The number of carbonyl (C=O) groups excluding carboxylic acids is 2. The Morgan fingerprint density at radius 2 is 1.19 bits per heavy atom. The number of rotatable bonds is 10. The third-order valence-corrected chi connectivity index (χ3v) is 10.7. The Morgan fingerprint density at radius 1 is 0.702 bits per heavy atom. The molecular weight excluding hydrogens is 978 g/mol. The van der Waals surface area contributed by atoms with Crippen molar-refractivity contribution in [2.75, 3.05) is 78.2 Å². The van der Waals surface area contributed by atoms with Crippen LogP contribution in [-0.4, -0.2) is 124 Å². The van der Waals surface area contributed by atoms with E-state index in [4.69, 9.17) is 37.3 Å². The van der Waals surface area contributed by atoms with Crippen molar-refractivity contribution in [1.29, 1.82) is 0 Å². The number of halogens is 3. The van der Waals surface area contributed by atoms with Crippen LogP contribution in [0.15, 0.2) is 84.9 Å². The minimum absolute atomic E-state index is 0.0715. The lowest BCUT2D eigenvalue weighted by molar-refractivity contribution is 0.0322. The minimum atomic E-state index is -0.620. The maximum atomic E-state index is 11.9. The van der Waals surface area contributed by atoms with Crippen LogP contribution in [0.4, 0.5) is 0 Å². The first-order valence-corrected chi connectivity index (χ1v) is 21.0. The van der Waals surface area contributed by atoms with Gasteiger partial charge in [0.2, 0.25) is 0 Å². The van der Waals surface area contributed by atoms with Crippen LogP contribution in [-0.2, 0) is 9.47 Å². The van der Waals surface area contributed by atoms with E-state index in [2.05, 4.69) is 65.2 Å². The van der Waals surface area contributed by atoms with E-state index in [9.17, 15) is 14.7 Å². The number of amides is 2. The standard InChI is InChI=1S/C20H21IN4O3.C14H10IN3O2.C6H12ClNO/c21-14-2-1-3-15(12-14)25-18-5-4-16(13-17(18)19(23-25)20(22)26)28-11-8-24-6-9-27-10-7-24;15-8-2-1-3-9(6-8)18-12-5-4-10(19)7-11(12)13(17-18)14(16)20;7-1-2-8-3-5-9-6-4-8/h1-5,12-13H,6-11H2,(H2,22,26);1-7,19H,(H2,16,20);1-6H2. The number of carbonyl (C=O) groups is 2. The van der Waals surface area contributed by atoms with Crippen LogP contribution in [0, 0.1) is 7.14 Å². The van der Waals surface area contributed by atoms with Crippen LogP contribution < -0.4 is 16.2 Å². The lowest BCUT2D eigenvalue weighted by atomic mass is 10.2. The summed E-state index contributed by atoms with van der Waals surface area (Å²) >= 11 is 10.0. The highest BCUT2D eigenvalue weighted by Crippen LogP contribution is 2.28.